The van der Waals surface area contributed by atoms with Crippen molar-refractivity contribution in [1.82, 2.24) is 20.2 Å². The highest BCUT2D eigenvalue weighted by Gasteiger charge is 2.32. The van der Waals surface area contributed by atoms with E-state index < -0.39 is 17.9 Å². The number of aromatic nitrogens is 4. The second kappa shape index (κ2) is 7.49. The lowest BCUT2D eigenvalue weighted by molar-refractivity contribution is -0.274. The van der Waals surface area contributed by atoms with Gasteiger partial charge in [-0.15, -0.1) is 13.2 Å². The number of aromatic amines is 1. The van der Waals surface area contributed by atoms with E-state index in [0.29, 0.717) is 33.4 Å². The molecule has 2 aromatic heterocycles. The fourth-order valence-electron chi connectivity index (χ4n) is 3.35. The number of rotatable bonds is 4. The molecule has 0 unspecified atom stereocenters. The first-order valence-corrected chi connectivity index (χ1v) is 9.40. The molecule has 6 nitrogen and oxygen atoms in total. The molecule has 160 valence electrons. The quantitative estimate of drug-likeness (QED) is 0.338. The van der Waals surface area contributed by atoms with Gasteiger partial charge >= 0.3 is 6.36 Å². The highest BCUT2D eigenvalue weighted by molar-refractivity contribution is 5.97. The summed E-state index contributed by atoms with van der Waals surface area (Å²) in [4.78, 5) is 8.86. The van der Waals surface area contributed by atoms with Crippen LogP contribution in [0, 0.1) is 5.82 Å². The average molecular weight is 439 g/mol. The number of nitrogens with one attached hydrogen (secondary N) is 2. The molecule has 32 heavy (non-hydrogen) atoms. The molecule has 3 aromatic carbocycles. The van der Waals surface area contributed by atoms with Gasteiger partial charge in [-0.25, -0.2) is 14.4 Å². The van der Waals surface area contributed by atoms with Crippen molar-refractivity contribution in [3.63, 3.8) is 0 Å². The lowest BCUT2D eigenvalue weighted by Gasteiger charge is -2.14. The molecule has 0 aliphatic rings. The molecule has 10 heteroatoms. The van der Waals surface area contributed by atoms with Crippen molar-refractivity contribution in [2.45, 2.75) is 6.36 Å². The third-order valence-corrected chi connectivity index (χ3v) is 4.72. The average Bonchev–Trinajstić information content (AvgIpc) is 3.15. The van der Waals surface area contributed by atoms with Gasteiger partial charge in [0.15, 0.2) is 11.6 Å². The lowest BCUT2D eigenvalue weighted by Crippen LogP contribution is -2.17. The molecular formula is C22H13F4N5O. The van der Waals surface area contributed by atoms with Gasteiger partial charge in [-0.3, -0.25) is 5.10 Å². The zero-order valence-corrected chi connectivity index (χ0v) is 16.1. The number of nitrogens with zero attached hydrogens (tertiary/aromatic N) is 3. The Kier molecular flexibility index (Phi) is 4.62. The standard InChI is InChI=1S/C22H13F4N5O/c23-12-9-10-17-15(11-12)21(31-30-17)29-19-13-5-1-3-7-16(13)27-20(28-19)14-6-2-4-8-18(14)32-22(24,25)26/h1-11H,(H2,27,28,29,30,31). The molecule has 0 atom stereocenters. The van der Waals surface area contributed by atoms with E-state index >= 15 is 0 Å². The third-order valence-electron chi connectivity index (χ3n) is 4.72. The minimum Gasteiger partial charge on any atom is -0.405 e. The molecule has 5 rings (SSSR count). The van der Waals surface area contributed by atoms with Gasteiger partial charge in [0.2, 0.25) is 0 Å². The van der Waals surface area contributed by atoms with Crippen LogP contribution in [0.2, 0.25) is 0 Å². The van der Waals surface area contributed by atoms with E-state index in [1.54, 1.807) is 36.4 Å². The molecule has 0 amide bonds. The predicted molar refractivity (Wildman–Crippen MR) is 111 cm³/mol. The zero-order valence-electron chi connectivity index (χ0n) is 16.1. The number of fused-ring (bicyclic) bond motifs is 2. The summed E-state index contributed by atoms with van der Waals surface area (Å²) in [6.45, 7) is 0. The number of alkyl halides is 3. The van der Waals surface area contributed by atoms with E-state index in [9.17, 15) is 17.6 Å². The number of hydrogen-bond donors (Lipinski definition) is 2. The Morgan fingerprint density at radius 3 is 2.47 bits per heavy atom. The highest BCUT2D eigenvalue weighted by atomic mass is 19.4. The maximum atomic E-state index is 13.8. The molecule has 2 heterocycles. The van der Waals surface area contributed by atoms with E-state index in [-0.39, 0.29) is 11.4 Å². The van der Waals surface area contributed by atoms with Crippen LogP contribution >= 0.6 is 0 Å². The fraction of sp³-hybridized carbons (Fsp3) is 0.0455. The summed E-state index contributed by atoms with van der Waals surface area (Å²) in [6, 6.07) is 16.8. The van der Waals surface area contributed by atoms with Crippen LogP contribution in [0.15, 0.2) is 66.7 Å². The summed E-state index contributed by atoms with van der Waals surface area (Å²) in [5.41, 5.74) is 1.17. The summed E-state index contributed by atoms with van der Waals surface area (Å²) in [6.07, 6.45) is -4.87. The Morgan fingerprint density at radius 1 is 0.844 bits per heavy atom. The van der Waals surface area contributed by atoms with E-state index in [1.165, 1.54) is 30.3 Å². The second-order valence-electron chi connectivity index (χ2n) is 6.84. The Hall–Kier alpha value is -4.21. The van der Waals surface area contributed by atoms with E-state index in [2.05, 4.69) is 30.2 Å². The van der Waals surface area contributed by atoms with Crippen LogP contribution in [-0.4, -0.2) is 26.5 Å². The van der Waals surface area contributed by atoms with Crippen LogP contribution in [0.25, 0.3) is 33.2 Å². The monoisotopic (exact) mass is 439 g/mol. The number of H-pyrrole nitrogens is 1. The lowest BCUT2D eigenvalue weighted by atomic mass is 10.1. The first kappa shape index (κ1) is 19.7. The molecule has 0 radical (unpaired) electrons. The Balaban J connectivity index is 1.66. The molecular weight excluding hydrogens is 426 g/mol. The van der Waals surface area contributed by atoms with Crippen LogP contribution in [0.4, 0.5) is 29.2 Å². The van der Waals surface area contributed by atoms with Crippen LogP contribution in [0.1, 0.15) is 0 Å². The van der Waals surface area contributed by atoms with Crippen LogP contribution < -0.4 is 10.1 Å². The third kappa shape index (κ3) is 3.78. The summed E-state index contributed by atoms with van der Waals surface area (Å²) in [7, 11) is 0. The van der Waals surface area contributed by atoms with E-state index in [1.807, 2.05) is 0 Å². The summed E-state index contributed by atoms with van der Waals surface area (Å²) in [5, 5.41) is 11.1. The molecule has 0 aliphatic heterocycles. The number of ether oxygens (including phenoxy) is 1. The maximum Gasteiger partial charge on any atom is 0.573 e. The van der Waals surface area contributed by atoms with Crippen molar-refractivity contribution in [3.05, 3.63) is 72.5 Å². The Bertz CT molecular complexity index is 1450. The van der Waals surface area contributed by atoms with Gasteiger partial charge in [0.25, 0.3) is 0 Å². The number of anilines is 2. The van der Waals surface area contributed by atoms with Crippen molar-refractivity contribution in [3.8, 4) is 17.1 Å². The Labute approximate surface area is 177 Å². The normalized spacial score (nSPS) is 11.8. The Morgan fingerprint density at radius 2 is 1.62 bits per heavy atom. The van der Waals surface area contributed by atoms with Gasteiger partial charge < -0.3 is 10.1 Å². The van der Waals surface area contributed by atoms with Gasteiger partial charge in [-0.2, -0.15) is 5.10 Å². The second-order valence-corrected chi connectivity index (χ2v) is 6.84. The van der Waals surface area contributed by atoms with E-state index in [0.717, 1.165) is 0 Å². The van der Waals surface area contributed by atoms with Gasteiger partial charge in [0, 0.05) is 10.8 Å². The molecule has 0 bridgehead atoms. The molecule has 5 aromatic rings. The minimum absolute atomic E-state index is 0.0251. The van der Waals surface area contributed by atoms with Crippen molar-refractivity contribution < 1.29 is 22.3 Å². The number of halogens is 4. The first-order chi connectivity index (χ1) is 15.4. The van der Waals surface area contributed by atoms with Gasteiger partial charge in [-0.1, -0.05) is 24.3 Å². The topological polar surface area (TPSA) is 75.7 Å². The molecule has 2 N–H and O–H groups in total. The highest BCUT2D eigenvalue weighted by Crippen LogP contribution is 2.35. The fourth-order valence-corrected chi connectivity index (χ4v) is 3.35. The first-order valence-electron chi connectivity index (χ1n) is 9.40. The largest absolute Gasteiger partial charge is 0.573 e. The minimum atomic E-state index is -4.87. The van der Waals surface area contributed by atoms with Gasteiger partial charge in [0.1, 0.15) is 17.4 Å². The smallest absolute Gasteiger partial charge is 0.405 e. The van der Waals surface area contributed by atoms with Crippen molar-refractivity contribution >= 4 is 33.4 Å². The van der Waals surface area contributed by atoms with Gasteiger partial charge in [0.05, 0.1) is 16.6 Å². The van der Waals surface area contributed by atoms with E-state index in [4.69, 9.17) is 0 Å². The number of hydrogen-bond acceptors (Lipinski definition) is 5. The van der Waals surface area contributed by atoms with Crippen molar-refractivity contribution in [2.75, 3.05) is 5.32 Å². The van der Waals surface area contributed by atoms with Crippen molar-refractivity contribution in [2.24, 2.45) is 0 Å². The summed E-state index contributed by atoms with van der Waals surface area (Å²) >= 11 is 0. The summed E-state index contributed by atoms with van der Waals surface area (Å²) in [5.74, 6) is -0.224. The molecule has 0 aliphatic carbocycles. The van der Waals surface area contributed by atoms with Crippen LogP contribution in [-0.2, 0) is 0 Å². The molecule has 0 fully saturated rings. The SMILES string of the molecule is Fc1ccc2[nH]nc(Nc3nc(-c4ccccc4OC(F)(F)F)nc4ccccc34)c2c1. The molecule has 0 spiro atoms. The van der Waals surface area contributed by atoms with Crippen LogP contribution in [0.5, 0.6) is 5.75 Å². The molecule has 0 saturated heterocycles. The number of benzene rings is 3. The zero-order chi connectivity index (χ0) is 22.3. The summed E-state index contributed by atoms with van der Waals surface area (Å²) < 4.78 is 56.6. The van der Waals surface area contributed by atoms with Crippen molar-refractivity contribution in [1.29, 1.82) is 0 Å². The maximum absolute atomic E-state index is 13.8. The molecule has 0 saturated carbocycles. The predicted octanol–water partition coefficient (Wildman–Crippen LogP) is 5.95. The van der Waals surface area contributed by atoms with Gasteiger partial charge in [-0.05, 0) is 42.5 Å². The van der Waals surface area contributed by atoms with Crippen LogP contribution in [0.3, 0.4) is 0 Å². The number of para-hydroxylation sites is 2.